The lowest BCUT2D eigenvalue weighted by Crippen LogP contribution is -2.44. The van der Waals surface area contributed by atoms with Crippen LogP contribution in [0.3, 0.4) is 0 Å². The van der Waals surface area contributed by atoms with Crippen LogP contribution in [0, 0.1) is 11.8 Å². The molecule has 0 unspecified atom stereocenters. The molecule has 3 aliphatic heterocycles. The van der Waals surface area contributed by atoms with Crippen molar-refractivity contribution in [1.82, 2.24) is 4.90 Å². The van der Waals surface area contributed by atoms with E-state index in [1.54, 1.807) is 30.3 Å². The number of esters is 1. The van der Waals surface area contributed by atoms with Crippen molar-refractivity contribution in [3.63, 3.8) is 0 Å². The van der Waals surface area contributed by atoms with Gasteiger partial charge in [0, 0.05) is 18.7 Å². The third-order valence-corrected chi connectivity index (χ3v) is 7.75. The Labute approximate surface area is 230 Å². The van der Waals surface area contributed by atoms with Crippen LogP contribution in [-0.4, -0.2) is 48.7 Å². The van der Waals surface area contributed by atoms with Gasteiger partial charge in [-0.15, -0.1) is 0 Å². The summed E-state index contributed by atoms with van der Waals surface area (Å²) in [4.78, 5) is 56.6. The Bertz CT molecular complexity index is 1580. The second-order valence-electron chi connectivity index (χ2n) is 9.87. The van der Waals surface area contributed by atoms with Crippen LogP contribution in [0.15, 0.2) is 72.9 Å². The summed E-state index contributed by atoms with van der Waals surface area (Å²) in [6, 6.07) is 17.3. The lowest BCUT2D eigenvalue weighted by molar-refractivity contribution is -0.132. The molecule has 0 aromatic heterocycles. The zero-order valence-electron chi connectivity index (χ0n) is 22.1. The highest BCUT2D eigenvalue weighted by Gasteiger charge is 2.64. The molecule has 0 aliphatic carbocycles. The minimum atomic E-state index is -0.917. The first kappa shape index (κ1) is 25.4. The molecule has 0 spiro atoms. The number of hydrogen-bond donors (Lipinski definition) is 0. The Morgan fingerprint density at radius 3 is 2.23 bits per heavy atom. The van der Waals surface area contributed by atoms with E-state index >= 15 is 0 Å². The number of carbonyl (C=O) groups excluding carboxylic acids is 4. The van der Waals surface area contributed by atoms with Crippen LogP contribution >= 0.6 is 0 Å². The van der Waals surface area contributed by atoms with Gasteiger partial charge < -0.3 is 19.1 Å². The number of fused-ring (bicyclic) bond motifs is 5. The van der Waals surface area contributed by atoms with E-state index in [4.69, 9.17) is 14.2 Å². The molecule has 3 aromatic rings. The molecule has 2 amide bonds. The van der Waals surface area contributed by atoms with Crippen LogP contribution in [0.4, 0.5) is 5.69 Å². The van der Waals surface area contributed by atoms with E-state index in [0.29, 0.717) is 28.5 Å². The second kappa shape index (κ2) is 9.68. The van der Waals surface area contributed by atoms with Gasteiger partial charge in [0.1, 0.15) is 11.8 Å². The predicted octanol–water partition coefficient (Wildman–Crippen LogP) is 4.03. The molecule has 2 saturated heterocycles. The van der Waals surface area contributed by atoms with Gasteiger partial charge in [0.15, 0.2) is 17.3 Å². The summed E-state index contributed by atoms with van der Waals surface area (Å²) in [6.45, 7) is 1.29. The minimum Gasteiger partial charge on any atom is -0.493 e. The molecule has 3 aromatic carbocycles. The number of Topliss-reactive ketones (excluding diaryl/α,β-unsaturated/α-hetero) is 1. The van der Waals surface area contributed by atoms with Crippen molar-refractivity contribution in [2.45, 2.75) is 19.0 Å². The highest BCUT2D eigenvalue weighted by atomic mass is 16.5. The lowest BCUT2D eigenvalue weighted by atomic mass is 9.83. The van der Waals surface area contributed by atoms with Crippen molar-refractivity contribution in [3.05, 3.63) is 89.6 Å². The minimum absolute atomic E-state index is 0.296. The predicted molar refractivity (Wildman–Crippen MR) is 145 cm³/mol. The Morgan fingerprint density at radius 2 is 1.52 bits per heavy atom. The maximum atomic E-state index is 14.2. The van der Waals surface area contributed by atoms with E-state index in [1.165, 1.54) is 33.3 Å². The fraction of sp³-hybridized carbons (Fsp3) is 0.226. The van der Waals surface area contributed by atoms with Crippen LogP contribution in [0.25, 0.3) is 6.08 Å². The van der Waals surface area contributed by atoms with Crippen LogP contribution < -0.4 is 19.1 Å². The van der Waals surface area contributed by atoms with E-state index in [-0.39, 0.29) is 11.7 Å². The quantitative estimate of drug-likeness (QED) is 0.201. The lowest BCUT2D eigenvalue weighted by Gasteiger charge is -2.35. The van der Waals surface area contributed by atoms with E-state index in [1.807, 2.05) is 41.4 Å². The number of ether oxygens (including phenoxy) is 3. The van der Waals surface area contributed by atoms with E-state index < -0.39 is 35.8 Å². The van der Waals surface area contributed by atoms with Gasteiger partial charge in [0.25, 0.3) is 0 Å². The number of amides is 2. The smallest absolute Gasteiger partial charge is 0.308 e. The van der Waals surface area contributed by atoms with Crippen molar-refractivity contribution >= 4 is 35.3 Å². The molecule has 202 valence electrons. The number of ketones is 1. The number of carbonyl (C=O) groups is 4. The average Bonchev–Trinajstić information content (AvgIpc) is 3.44. The normalized spacial score (nSPS) is 22.5. The van der Waals surface area contributed by atoms with E-state index in [9.17, 15) is 19.2 Å². The maximum absolute atomic E-state index is 14.2. The molecule has 3 heterocycles. The van der Waals surface area contributed by atoms with Gasteiger partial charge in [-0.1, -0.05) is 24.3 Å². The Kier molecular flexibility index (Phi) is 6.14. The fourth-order valence-electron chi connectivity index (χ4n) is 6.10. The molecule has 9 nitrogen and oxygen atoms in total. The number of hydrogen-bond acceptors (Lipinski definition) is 8. The van der Waals surface area contributed by atoms with Crippen LogP contribution in [0.2, 0.25) is 0 Å². The summed E-state index contributed by atoms with van der Waals surface area (Å²) >= 11 is 0. The van der Waals surface area contributed by atoms with Crippen molar-refractivity contribution in [1.29, 1.82) is 0 Å². The summed E-state index contributed by atoms with van der Waals surface area (Å²) in [5.41, 5.74) is 2.52. The summed E-state index contributed by atoms with van der Waals surface area (Å²) in [5.74, 6) is -2.12. The Hall–Kier alpha value is -4.92. The first-order valence-corrected chi connectivity index (χ1v) is 12.8. The summed E-state index contributed by atoms with van der Waals surface area (Å²) in [6.07, 6.45) is 3.72. The highest BCUT2D eigenvalue weighted by molar-refractivity contribution is 6.24. The molecule has 40 heavy (non-hydrogen) atoms. The zero-order chi connectivity index (χ0) is 28.1. The van der Waals surface area contributed by atoms with Crippen molar-refractivity contribution in [2.75, 3.05) is 19.1 Å². The number of imide groups is 1. The van der Waals surface area contributed by atoms with E-state index in [2.05, 4.69) is 0 Å². The topological polar surface area (TPSA) is 102 Å². The summed E-state index contributed by atoms with van der Waals surface area (Å²) in [5, 5.41) is 0. The van der Waals surface area contributed by atoms with Crippen molar-refractivity contribution < 1.29 is 33.4 Å². The average molecular weight is 539 g/mol. The number of nitrogens with zero attached hydrogens (tertiary/aromatic N) is 2. The van der Waals surface area contributed by atoms with Crippen LogP contribution in [0.1, 0.15) is 34.5 Å². The molecule has 2 fully saturated rings. The molecule has 0 saturated carbocycles. The van der Waals surface area contributed by atoms with Gasteiger partial charge in [-0.05, 0) is 59.7 Å². The third-order valence-electron chi connectivity index (χ3n) is 7.75. The largest absolute Gasteiger partial charge is 0.493 e. The van der Waals surface area contributed by atoms with Gasteiger partial charge in [0.2, 0.25) is 11.8 Å². The number of anilines is 1. The van der Waals surface area contributed by atoms with E-state index in [0.717, 1.165) is 16.0 Å². The molecule has 0 bridgehead atoms. The standard InChI is InChI=1S/C31H26N2O7/c1-17(34)40-21-11-9-20(10-12-21)33-30(36)25-26(31(33)37)28(29(35)19-8-13-23(38-2)24(16-19)39-3)32-15-14-18-6-4-5-7-22(18)27(25)32/h4-16,25-28H,1-3H3/t25-,26+,27+,28-/m0/s1. The molecule has 0 radical (unpaired) electrons. The molecule has 6 rings (SSSR count). The first-order valence-electron chi connectivity index (χ1n) is 12.8. The van der Waals surface area contributed by atoms with Crippen LogP contribution in [0.5, 0.6) is 17.2 Å². The monoisotopic (exact) mass is 538 g/mol. The fourth-order valence-corrected chi connectivity index (χ4v) is 6.10. The molecule has 3 aliphatic rings. The number of rotatable bonds is 6. The Balaban J connectivity index is 1.44. The van der Waals surface area contributed by atoms with Gasteiger partial charge in [-0.25, -0.2) is 4.90 Å². The van der Waals surface area contributed by atoms with Gasteiger partial charge in [-0.3, -0.25) is 19.2 Å². The zero-order valence-corrected chi connectivity index (χ0v) is 22.1. The Morgan fingerprint density at radius 1 is 0.825 bits per heavy atom. The number of benzene rings is 3. The van der Waals surface area contributed by atoms with Gasteiger partial charge in [-0.2, -0.15) is 0 Å². The van der Waals surface area contributed by atoms with Crippen molar-refractivity contribution in [3.8, 4) is 17.2 Å². The molecule has 4 atom stereocenters. The summed E-state index contributed by atoms with van der Waals surface area (Å²) < 4.78 is 15.8. The third kappa shape index (κ3) is 3.85. The van der Waals surface area contributed by atoms with Gasteiger partial charge >= 0.3 is 5.97 Å². The first-order chi connectivity index (χ1) is 19.3. The molecule has 0 N–H and O–H groups in total. The molecule has 9 heteroatoms. The van der Waals surface area contributed by atoms with Crippen LogP contribution in [-0.2, 0) is 14.4 Å². The highest BCUT2D eigenvalue weighted by Crippen LogP contribution is 2.54. The second-order valence-corrected chi connectivity index (χ2v) is 9.87. The summed E-state index contributed by atoms with van der Waals surface area (Å²) in [7, 11) is 3.00. The number of methoxy groups -OCH3 is 2. The SMILES string of the molecule is COc1ccc(C(=O)[C@@H]2[C@@H]3C(=O)N(c4ccc(OC(C)=O)cc4)C(=O)[C@@H]3[C@H]3c4ccccc4C=CN23)cc1OC. The molecular weight excluding hydrogens is 512 g/mol. The molecular formula is C31H26N2O7. The maximum Gasteiger partial charge on any atom is 0.308 e. The van der Waals surface area contributed by atoms with Gasteiger partial charge in [0.05, 0.1) is 37.8 Å². The van der Waals surface area contributed by atoms with Crippen molar-refractivity contribution in [2.24, 2.45) is 11.8 Å².